The fraction of sp³-hybridized carbons (Fsp3) is 0.176. The first kappa shape index (κ1) is 17.2. The van der Waals surface area contributed by atoms with E-state index in [4.69, 9.17) is 14.3 Å². The molecule has 0 spiro atoms. The van der Waals surface area contributed by atoms with Crippen LogP contribution in [0.25, 0.3) is 22.2 Å². The van der Waals surface area contributed by atoms with E-state index in [0.717, 1.165) is 11.3 Å². The normalized spacial score (nSPS) is 10.5. The van der Waals surface area contributed by atoms with E-state index >= 15 is 0 Å². The van der Waals surface area contributed by atoms with Crippen molar-refractivity contribution >= 4 is 34.7 Å². The van der Waals surface area contributed by atoms with Gasteiger partial charge in [-0.3, -0.25) is 20.6 Å². The lowest BCUT2D eigenvalue weighted by molar-refractivity contribution is 0.167. The number of carbonyl (C=O) groups excluding carboxylic acids is 1. The summed E-state index contributed by atoms with van der Waals surface area (Å²) in [6.07, 6.45) is 1.12. The van der Waals surface area contributed by atoms with E-state index in [1.165, 1.54) is 6.20 Å². The van der Waals surface area contributed by atoms with Crippen LogP contribution in [-0.2, 0) is 4.74 Å². The maximum absolute atomic E-state index is 11.7. The molecule has 0 atom stereocenters. The Morgan fingerprint density at radius 2 is 2.00 bits per heavy atom. The Morgan fingerprint density at radius 1 is 1.23 bits per heavy atom. The molecule has 0 aliphatic rings. The quantitative estimate of drug-likeness (QED) is 0.648. The van der Waals surface area contributed by atoms with Gasteiger partial charge in [-0.1, -0.05) is 0 Å². The molecule has 0 unspecified atom stereocenters. The molecule has 0 aromatic carbocycles. The van der Waals surface area contributed by atoms with Crippen molar-refractivity contribution in [2.45, 2.75) is 13.8 Å². The van der Waals surface area contributed by atoms with Gasteiger partial charge in [0.25, 0.3) is 0 Å². The van der Waals surface area contributed by atoms with Crippen molar-refractivity contribution in [2.24, 2.45) is 0 Å². The van der Waals surface area contributed by atoms with Crippen LogP contribution in [0.4, 0.5) is 21.2 Å². The van der Waals surface area contributed by atoms with Crippen molar-refractivity contribution in [2.75, 3.05) is 17.2 Å². The number of aromatic nitrogens is 2. The average molecular weight is 356 g/mol. The number of carbonyl (C=O) groups is 2. The number of nitrogens with one attached hydrogen (secondary N) is 2. The smallest absolute Gasteiger partial charge is 0.414 e. The average Bonchev–Trinajstić information content (AvgIpc) is 2.92. The van der Waals surface area contributed by atoms with Gasteiger partial charge >= 0.3 is 12.2 Å². The summed E-state index contributed by atoms with van der Waals surface area (Å²) in [5.74, 6) is -0.0686. The zero-order valence-electron chi connectivity index (χ0n) is 14.1. The number of hydrogen-bond donors (Lipinski definition) is 3. The minimum absolute atomic E-state index is 0.0686. The van der Waals surface area contributed by atoms with Crippen LogP contribution in [0.2, 0.25) is 0 Å². The van der Waals surface area contributed by atoms with Gasteiger partial charge in [0.05, 0.1) is 12.0 Å². The third kappa shape index (κ3) is 3.41. The highest BCUT2D eigenvalue weighted by molar-refractivity contribution is 6.08. The molecule has 2 amide bonds. The van der Waals surface area contributed by atoms with E-state index in [-0.39, 0.29) is 18.2 Å². The largest absolute Gasteiger partial charge is 0.465 e. The monoisotopic (exact) mass is 356 g/mol. The molecule has 3 heterocycles. The molecule has 134 valence electrons. The lowest BCUT2D eigenvalue weighted by atomic mass is 10.1. The zero-order chi connectivity index (χ0) is 18.7. The van der Waals surface area contributed by atoms with Crippen LogP contribution < -0.4 is 10.6 Å². The molecule has 0 fully saturated rings. The summed E-state index contributed by atoms with van der Waals surface area (Å²) in [6.45, 7) is 3.66. The Balaban J connectivity index is 2.16. The van der Waals surface area contributed by atoms with E-state index in [9.17, 15) is 9.59 Å². The standard InChI is InChI=1S/C17H16N4O5/c1-3-25-17(24)21-15-13(20-16(22)23)11-5-7-19-12(14(11)26-15)10-4-6-18-9(2)8-10/h4-8,20H,3H2,1-2H3,(H,21,24)(H,22,23). The Bertz CT molecular complexity index is 982. The Labute approximate surface area is 148 Å². The van der Waals surface area contributed by atoms with Crippen LogP contribution >= 0.6 is 0 Å². The van der Waals surface area contributed by atoms with Gasteiger partial charge in [-0.25, -0.2) is 9.59 Å². The summed E-state index contributed by atoms with van der Waals surface area (Å²) in [4.78, 5) is 31.4. The van der Waals surface area contributed by atoms with Crippen molar-refractivity contribution in [1.82, 2.24) is 9.97 Å². The number of rotatable bonds is 4. The van der Waals surface area contributed by atoms with Crippen molar-refractivity contribution in [3.8, 4) is 11.3 Å². The lowest BCUT2D eigenvalue weighted by Gasteiger charge is -2.04. The van der Waals surface area contributed by atoms with Crippen LogP contribution in [0.15, 0.2) is 35.0 Å². The van der Waals surface area contributed by atoms with E-state index in [0.29, 0.717) is 16.7 Å². The van der Waals surface area contributed by atoms with E-state index in [1.807, 2.05) is 13.0 Å². The summed E-state index contributed by atoms with van der Waals surface area (Å²) in [6, 6.07) is 5.19. The van der Waals surface area contributed by atoms with Crippen molar-refractivity contribution in [3.63, 3.8) is 0 Å². The van der Waals surface area contributed by atoms with Crippen LogP contribution in [0.5, 0.6) is 0 Å². The van der Waals surface area contributed by atoms with Gasteiger partial charge in [-0.05, 0) is 32.0 Å². The zero-order valence-corrected chi connectivity index (χ0v) is 14.1. The molecule has 0 saturated heterocycles. The SMILES string of the molecule is CCOC(=O)Nc1oc2c(-c3ccnc(C)c3)nccc2c1NC(=O)O. The number of anilines is 2. The lowest BCUT2D eigenvalue weighted by Crippen LogP contribution is -2.15. The first-order chi connectivity index (χ1) is 12.5. The first-order valence-corrected chi connectivity index (χ1v) is 7.77. The molecule has 0 bridgehead atoms. The van der Waals surface area contributed by atoms with Gasteiger partial charge in [0.1, 0.15) is 11.4 Å². The Morgan fingerprint density at radius 3 is 2.69 bits per heavy atom. The number of ether oxygens (including phenoxy) is 1. The van der Waals surface area contributed by atoms with E-state index in [1.54, 1.807) is 25.3 Å². The topological polar surface area (TPSA) is 127 Å². The number of nitrogens with zero attached hydrogens (tertiary/aromatic N) is 2. The van der Waals surface area contributed by atoms with Crippen LogP contribution in [0.1, 0.15) is 12.6 Å². The summed E-state index contributed by atoms with van der Waals surface area (Å²) in [5, 5.41) is 14.2. The number of pyridine rings is 2. The number of amides is 2. The van der Waals surface area contributed by atoms with Crippen LogP contribution in [0, 0.1) is 6.92 Å². The second-order valence-corrected chi connectivity index (χ2v) is 5.30. The minimum atomic E-state index is -1.29. The van der Waals surface area contributed by atoms with Gasteiger partial charge in [0, 0.05) is 23.7 Å². The molecule has 0 radical (unpaired) electrons. The van der Waals surface area contributed by atoms with Crippen molar-refractivity contribution in [3.05, 3.63) is 36.3 Å². The molecule has 3 rings (SSSR count). The minimum Gasteiger partial charge on any atom is -0.465 e. The van der Waals surface area contributed by atoms with Crippen LogP contribution in [0.3, 0.4) is 0 Å². The molecular formula is C17H16N4O5. The van der Waals surface area contributed by atoms with Gasteiger partial charge < -0.3 is 14.3 Å². The highest BCUT2D eigenvalue weighted by Crippen LogP contribution is 2.39. The number of furan rings is 1. The molecule has 0 aliphatic carbocycles. The third-order valence-corrected chi connectivity index (χ3v) is 3.50. The predicted molar refractivity (Wildman–Crippen MR) is 94.3 cm³/mol. The fourth-order valence-corrected chi connectivity index (χ4v) is 2.50. The third-order valence-electron chi connectivity index (χ3n) is 3.50. The van der Waals surface area contributed by atoms with Gasteiger partial charge in [-0.15, -0.1) is 0 Å². The van der Waals surface area contributed by atoms with E-state index in [2.05, 4.69) is 20.6 Å². The fourth-order valence-electron chi connectivity index (χ4n) is 2.50. The first-order valence-electron chi connectivity index (χ1n) is 7.77. The van der Waals surface area contributed by atoms with Gasteiger partial charge in [0.2, 0.25) is 5.88 Å². The highest BCUT2D eigenvalue weighted by atomic mass is 16.5. The molecular weight excluding hydrogens is 340 g/mol. The number of hydrogen-bond acceptors (Lipinski definition) is 6. The van der Waals surface area contributed by atoms with Gasteiger partial charge in [0.15, 0.2) is 5.58 Å². The summed E-state index contributed by atoms with van der Waals surface area (Å²) in [7, 11) is 0. The van der Waals surface area contributed by atoms with Gasteiger partial charge in [-0.2, -0.15) is 0 Å². The molecule has 3 N–H and O–H groups in total. The molecule has 0 aliphatic heterocycles. The molecule has 3 aromatic heterocycles. The maximum Gasteiger partial charge on any atom is 0.414 e. The Kier molecular flexibility index (Phi) is 4.70. The van der Waals surface area contributed by atoms with Crippen molar-refractivity contribution < 1.29 is 23.8 Å². The predicted octanol–water partition coefficient (Wildman–Crippen LogP) is 3.86. The molecule has 26 heavy (non-hydrogen) atoms. The molecule has 3 aromatic rings. The summed E-state index contributed by atoms with van der Waals surface area (Å²) in [5.41, 5.74) is 2.48. The molecule has 9 heteroatoms. The second kappa shape index (κ2) is 7.09. The summed E-state index contributed by atoms with van der Waals surface area (Å²) < 4.78 is 10.5. The second-order valence-electron chi connectivity index (χ2n) is 5.30. The van der Waals surface area contributed by atoms with Crippen molar-refractivity contribution in [1.29, 1.82) is 0 Å². The summed E-state index contributed by atoms with van der Waals surface area (Å²) >= 11 is 0. The molecule has 0 saturated carbocycles. The number of aryl methyl sites for hydroxylation is 1. The molecule has 9 nitrogen and oxygen atoms in total. The van der Waals surface area contributed by atoms with E-state index < -0.39 is 12.2 Å². The maximum atomic E-state index is 11.7. The number of fused-ring (bicyclic) bond motifs is 1. The Hall–Kier alpha value is -3.62. The van der Waals surface area contributed by atoms with Crippen LogP contribution in [-0.4, -0.2) is 33.9 Å². The highest BCUT2D eigenvalue weighted by Gasteiger charge is 2.21. The number of carboxylic acid groups (broad SMARTS) is 1.